The van der Waals surface area contributed by atoms with E-state index < -0.39 is 0 Å². The standard InChI is InChI=1S/C25H29N3O5S/c1-3-31-17-11-12-22(32-4-2)21(14-17)26-23(29)16-34-25-27-20-10-6-5-9-19(20)24(30)28(25)15-18-8-7-13-33-18/h5-6,9-12,14,18H,3-4,7-8,13,15-16H2,1-2H3,(H,26,29). The maximum Gasteiger partial charge on any atom is 0.262 e. The summed E-state index contributed by atoms with van der Waals surface area (Å²) in [6.07, 6.45) is 1.86. The summed E-state index contributed by atoms with van der Waals surface area (Å²) in [5, 5.41) is 3.97. The number of anilines is 1. The van der Waals surface area contributed by atoms with Gasteiger partial charge in [-0.1, -0.05) is 23.9 Å². The molecular weight excluding hydrogens is 454 g/mol. The Labute approximate surface area is 202 Å². The molecule has 1 aliphatic heterocycles. The summed E-state index contributed by atoms with van der Waals surface area (Å²) in [7, 11) is 0. The molecule has 1 aromatic heterocycles. The molecule has 34 heavy (non-hydrogen) atoms. The Balaban J connectivity index is 1.54. The van der Waals surface area contributed by atoms with Crippen molar-refractivity contribution in [3.8, 4) is 11.5 Å². The number of thioether (sulfide) groups is 1. The van der Waals surface area contributed by atoms with E-state index in [1.165, 1.54) is 11.8 Å². The van der Waals surface area contributed by atoms with Gasteiger partial charge < -0.3 is 19.5 Å². The van der Waals surface area contributed by atoms with Crippen molar-refractivity contribution in [2.45, 2.75) is 44.5 Å². The Bertz CT molecular complexity index is 1210. The molecule has 1 fully saturated rings. The minimum absolute atomic E-state index is 0.0242. The van der Waals surface area contributed by atoms with Crippen LogP contribution in [0.3, 0.4) is 0 Å². The van der Waals surface area contributed by atoms with Crippen LogP contribution in [0.1, 0.15) is 26.7 Å². The van der Waals surface area contributed by atoms with E-state index >= 15 is 0 Å². The molecule has 2 heterocycles. The number of fused-ring (bicyclic) bond motifs is 1. The average Bonchev–Trinajstić information content (AvgIpc) is 3.35. The number of hydrogen-bond acceptors (Lipinski definition) is 7. The van der Waals surface area contributed by atoms with Gasteiger partial charge in [-0.15, -0.1) is 0 Å². The predicted octanol–water partition coefficient (Wildman–Crippen LogP) is 4.10. The van der Waals surface area contributed by atoms with E-state index in [4.69, 9.17) is 14.2 Å². The number of benzene rings is 2. The summed E-state index contributed by atoms with van der Waals surface area (Å²) < 4.78 is 18.6. The molecule has 0 bridgehead atoms. The van der Waals surface area contributed by atoms with Gasteiger partial charge in [0.15, 0.2) is 5.16 Å². The fourth-order valence-corrected chi connectivity index (χ4v) is 4.68. The van der Waals surface area contributed by atoms with Crippen molar-refractivity contribution in [3.63, 3.8) is 0 Å². The van der Waals surface area contributed by atoms with Gasteiger partial charge in [0, 0.05) is 12.7 Å². The minimum Gasteiger partial charge on any atom is -0.494 e. The Hall–Kier alpha value is -3.04. The van der Waals surface area contributed by atoms with Gasteiger partial charge in [-0.25, -0.2) is 4.98 Å². The van der Waals surface area contributed by atoms with Crippen molar-refractivity contribution in [3.05, 3.63) is 52.8 Å². The Morgan fingerprint density at radius 1 is 1.21 bits per heavy atom. The Morgan fingerprint density at radius 2 is 2.03 bits per heavy atom. The average molecular weight is 484 g/mol. The van der Waals surface area contributed by atoms with Crippen LogP contribution in [0.25, 0.3) is 10.9 Å². The van der Waals surface area contributed by atoms with Gasteiger partial charge in [0.05, 0.1) is 48.2 Å². The minimum atomic E-state index is -0.231. The van der Waals surface area contributed by atoms with E-state index in [-0.39, 0.29) is 23.3 Å². The van der Waals surface area contributed by atoms with Crippen LogP contribution >= 0.6 is 11.8 Å². The van der Waals surface area contributed by atoms with Gasteiger partial charge in [0.1, 0.15) is 11.5 Å². The normalized spacial score (nSPS) is 15.4. The molecule has 1 saturated heterocycles. The first-order valence-electron chi connectivity index (χ1n) is 11.5. The number of amides is 1. The van der Waals surface area contributed by atoms with Crippen molar-refractivity contribution < 1.29 is 19.0 Å². The molecule has 0 radical (unpaired) electrons. The Morgan fingerprint density at radius 3 is 2.79 bits per heavy atom. The summed E-state index contributed by atoms with van der Waals surface area (Å²) in [4.78, 5) is 30.7. The lowest BCUT2D eigenvalue weighted by Crippen LogP contribution is -2.29. The van der Waals surface area contributed by atoms with Gasteiger partial charge in [-0.05, 0) is 51.0 Å². The fraction of sp³-hybridized carbons (Fsp3) is 0.400. The highest BCUT2D eigenvalue weighted by Gasteiger charge is 2.21. The molecule has 1 N–H and O–H groups in total. The molecule has 1 atom stereocenters. The van der Waals surface area contributed by atoms with Gasteiger partial charge in [-0.3, -0.25) is 14.2 Å². The predicted molar refractivity (Wildman–Crippen MR) is 133 cm³/mol. The number of aromatic nitrogens is 2. The van der Waals surface area contributed by atoms with Crippen molar-refractivity contribution in [2.24, 2.45) is 0 Å². The van der Waals surface area contributed by atoms with E-state index in [9.17, 15) is 9.59 Å². The lowest BCUT2D eigenvalue weighted by atomic mass is 10.2. The Kier molecular flexibility index (Phi) is 8.08. The second-order valence-corrected chi connectivity index (χ2v) is 8.77. The van der Waals surface area contributed by atoms with Gasteiger partial charge in [0.2, 0.25) is 5.91 Å². The molecule has 1 aliphatic rings. The van der Waals surface area contributed by atoms with Gasteiger partial charge in [0.25, 0.3) is 5.56 Å². The maximum atomic E-state index is 13.2. The number of hydrogen-bond donors (Lipinski definition) is 1. The summed E-state index contributed by atoms with van der Waals surface area (Å²) in [6, 6.07) is 12.6. The third kappa shape index (κ3) is 5.71. The van der Waals surface area contributed by atoms with Gasteiger partial charge >= 0.3 is 0 Å². The van der Waals surface area contributed by atoms with Crippen LogP contribution in [-0.2, 0) is 16.1 Å². The monoisotopic (exact) mass is 483 g/mol. The second-order valence-electron chi connectivity index (χ2n) is 7.82. The lowest BCUT2D eigenvalue weighted by molar-refractivity contribution is -0.113. The molecular formula is C25H29N3O5S. The number of nitrogens with one attached hydrogen (secondary N) is 1. The first-order chi connectivity index (χ1) is 16.6. The number of rotatable bonds is 10. The summed E-state index contributed by atoms with van der Waals surface area (Å²) in [6.45, 7) is 5.91. The summed E-state index contributed by atoms with van der Waals surface area (Å²) in [5.41, 5.74) is 1.04. The van der Waals surface area contributed by atoms with Crippen LogP contribution in [-0.4, -0.2) is 47.1 Å². The second kappa shape index (κ2) is 11.4. The van der Waals surface area contributed by atoms with Crippen LogP contribution in [0, 0.1) is 0 Å². The number of ether oxygens (including phenoxy) is 3. The highest BCUT2D eigenvalue weighted by molar-refractivity contribution is 7.99. The largest absolute Gasteiger partial charge is 0.494 e. The van der Waals surface area contributed by atoms with E-state index in [0.29, 0.717) is 59.6 Å². The van der Waals surface area contributed by atoms with Gasteiger partial charge in [-0.2, -0.15) is 0 Å². The number of carbonyl (C=O) groups is 1. The third-order valence-corrected chi connectivity index (χ3v) is 6.38. The fourth-order valence-electron chi connectivity index (χ4n) is 3.87. The molecule has 4 rings (SSSR count). The highest BCUT2D eigenvalue weighted by Crippen LogP contribution is 2.30. The zero-order valence-corrected chi connectivity index (χ0v) is 20.2. The summed E-state index contributed by atoms with van der Waals surface area (Å²) in [5.74, 6) is 1.07. The highest BCUT2D eigenvalue weighted by atomic mass is 32.2. The van der Waals surface area contributed by atoms with E-state index in [1.807, 2.05) is 38.1 Å². The first kappa shape index (κ1) is 24.1. The van der Waals surface area contributed by atoms with Crippen molar-refractivity contribution >= 4 is 34.3 Å². The van der Waals surface area contributed by atoms with Crippen LogP contribution in [0.15, 0.2) is 52.4 Å². The first-order valence-corrected chi connectivity index (χ1v) is 12.5. The molecule has 8 nitrogen and oxygen atoms in total. The molecule has 180 valence electrons. The van der Waals surface area contributed by atoms with Crippen molar-refractivity contribution in [2.75, 3.05) is 30.9 Å². The SMILES string of the molecule is CCOc1ccc(OCC)c(NC(=O)CSc2nc3ccccc3c(=O)n2CC2CCCO2)c1. The third-order valence-electron chi connectivity index (χ3n) is 5.41. The topological polar surface area (TPSA) is 91.7 Å². The van der Waals surface area contributed by atoms with Crippen molar-refractivity contribution in [1.29, 1.82) is 0 Å². The zero-order valence-electron chi connectivity index (χ0n) is 19.4. The van der Waals surface area contributed by atoms with Crippen molar-refractivity contribution in [1.82, 2.24) is 9.55 Å². The number of para-hydroxylation sites is 1. The zero-order chi connectivity index (χ0) is 23.9. The molecule has 2 aromatic carbocycles. The van der Waals surface area contributed by atoms with Crippen LogP contribution < -0.4 is 20.3 Å². The van der Waals surface area contributed by atoms with E-state index in [1.54, 1.807) is 22.8 Å². The molecule has 0 spiro atoms. The molecule has 1 unspecified atom stereocenters. The summed E-state index contributed by atoms with van der Waals surface area (Å²) >= 11 is 1.23. The van der Waals surface area contributed by atoms with Crippen LogP contribution in [0.2, 0.25) is 0 Å². The quantitative estimate of drug-likeness (QED) is 0.343. The smallest absolute Gasteiger partial charge is 0.262 e. The molecule has 0 saturated carbocycles. The molecule has 3 aromatic rings. The number of nitrogens with zero attached hydrogens (tertiary/aromatic N) is 2. The van der Waals surface area contributed by atoms with Crippen LogP contribution in [0.4, 0.5) is 5.69 Å². The van der Waals surface area contributed by atoms with E-state index in [0.717, 1.165) is 12.8 Å². The van der Waals surface area contributed by atoms with E-state index in [2.05, 4.69) is 10.3 Å². The van der Waals surface area contributed by atoms with Crippen LogP contribution in [0.5, 0.6) is 11.5 Å². The maximum absolute atomic E-state index is 13.2. The molecule has 9 heteroatoms. The molecule has 1 amide bonds. The lowest BCUT2D eigenvalue weighted by Gasteiger charge is -2.17. The number of carbonyl (C=O) groups excluding carboxylic acids is 1. The molecule has 0 aliphatic carbocycles.